The van der Waals surface area contributed by atoms with Crippen LogP contribution in [0.15, 0.2) is 60.8 Å². The molecule has 9 heteroatoms. The Kier molecular flexibility index (Phi) is 6.12. The summed E-state index contributed by atoms with van der Waals surface area (Å²) in [6.07, 6.45) is -2.31. The van der Waals surface area contributed by atoms with Crippen molar-refractivity contribution < 1.29 is 18.3 Å². The van der Waals surface area contributed by atoms with Crippen LogP contribution in [0.3, 0.4) is 0 Å². The van der Waals surface area contributed by atoms with Crippen LogP contribution in [0.25, 0.3) is 22.2 Å². The van der Waals surface area contributed by atoms with Crippen molar-refractivity contribution in [2.75, 3.05) is 18.4 Å². The zero-order valence-electron chi connectivity index (χ0n) is 19.0. The fraction of sp³-hybridized carbons (Fsp3) is 0.269. The molecule has 0 unspecified atom stereocenters. The van der Waals surface area contributed by atoms with Gasteiger partial charge in [0.15, 0.2) is 0 Å². The number of hydrogen-bond acceptors (Lipinski definition) is 6. The number of alkyl halides is 3. The molecule has 180 valence electrons. The van der Waals surface area contributed by atoms with Crippen LogP contribution in [0, 0.1) is 6.92 Å². The Morgan fingerprint density at radius 1 is 1.09 bits per heavy atom. The highest BCUT2D eigenvalue weighted by molar-refractivity contribution is 5.93. The van der Waals surface area contributed by atoms with Crippen LogP contribution >= 0.6 is 0 Å². The molecule has 0 amide bonds. The minimum absolute atomic E-state index is 0.362. The third kappa shape index (κ3) is 5.11. The van der Waals surface area contributed by atoms with Gasteiger partial charge in [0.2, 0.25) is 0 Å². The number of halogens is 3. The molecule has 1 atom stereocenters. The maximum Gasteiger partial charge on any atom is 0.416 e. The van der Waals surface area contributed by atoms with Gasteiger partial charge in [0.25, 0.3) is 0 Å². The Labute approximate surface area is 200 Å². The van der Waals surface area contributed by atoms with Crippen LogP contribution in [0.2, 0.25) is 0 Å². The predicted molar refractivity (Wildman–Crippen MR) is 128 cm³/mol. The van der Waals surface area contributed by atoms with E-state index in [1.165, 1.54) is 12.1 Å². The van der Waals surface area contributed by atoms with E-state index in [0.717, 1.165) is 40.9 Å². The smallest absolute Gasteiger partial charge is 0.392 e. The van der Waals surface area contributed by atoms with Crippen molar-refractivity contribution in [3.05, 3.63) is 77.7 Å². The third-order valence-electron chi connectivity index (χ3n) is 6.11. The zero-order valence-corrected chi connectivity index (χ0v) is 19.0. The summed E-state index contributed by atoms with van der Waals surface area (Å²) in [5, 5.41) is 13.8. The molecule has 4 aromatic rings. The largest absolute Gasteiger partial charge is 0.416 e. The van der Waals surface area contributed by atoms with Crippen molar-refractivity contribution in [1.82, 2.24) is 19.9 Å². The highest BCUT2D eigenvalue weighted by Crippen LogP contribution is 2.32. The minimum Gasteiger partial charge on any atom is -0.392 e. The van der Waals surface area contributed by atoms with Crippen LogP contribution < -0.4 is 5.32 Å². The molecule has 2 aromatic carbocycles. The first kappa shape index (κ1) is 23.2. The maximum absolute atomic E-state index is 13.0. The van der Waals surface area contributed by atoms with Crippen LogP contribution in [0.1, 0.15) is 23.4 Å². The predicted octanol–water partition coefficient (Wildman–Crippen LogP) is 5.33. The van der Waals surface area contributed by atoms with Gasteiger partial charge in [-0.3, -0.25) is 9.88 Å². The van der Waals surface area contributed by atoms with E-state index in [1.54, 1.807) is 6.20 Å². The quantitative estimate of drug-likeness (QED) is 0.403. The second kappa shape index (κ2) is 9.24. The summed E-state index contributed by atoms with van der Waals surface area (Å²) in [7, 11) is 0. The standard InChI is InChI=1S/C26H24F3N5O/c1-16-3-2-11-30-24(16)17-4-9-21-22(13-17)32-23(15-34-12-10-20(35)14-34)33-25(21)31-19-7-5-18(6-8-19)26(27,28)29/h2-9,11,13,20,35H,10,12,14-15H2,1H3,(H,31,32,33)/t20-/m1/s1. The molecular weight excluding hydrogens is 455 g/mol. The average Bonchev–Trinajstić information content (AvgIpc) is 3.23. The number of β-amino-alcohol motifs (C(OH)–C–C–N with tert-alkyl or cyclic N) is 1. The van der Waals surface area contributed by atoms with Gasteiger partial charge in [-0.1, -0.05) is 12.1 Å². The Morgan fingerprint density at radius 2 is 1.89 bits per heavy atom. The number of aliphatic hydroxyl groups excluding tert-OH is 1. The number of aryl methyl sites for hydroxylation is 1. The van der Waals surface area contributed by atoms with E-state index in [0.29, 0.717) is 42.4 Å². The molecule has 1 fully saturated rings. The molecule has 1 aliphatic rings. The van der Waals surface area contributed by atoms with Gasteiger partial charge in [-0.25, -0.2) is 9.97 Å². The lowest BCUT2D eigenvalue weighted by atomic mass is 10.0. The van der Waals surface area contributed by atoms with Gasteiger partial charge < -0.3 is 10.4 Å². The van der Waals surface area contributed by atoms with E-state index >= 15 is 0 Å². The first-order valence-corrected chi connectivity index (χ1v) is 11.3. The van der Waals surface area contributed by atoms with Crippen LogP contribution in [0.5, 0.6) is 0 Å². The second-order valence-corrected chi connectivity index (χ2v) is 8.77. The molecular formula is C26H24F3N5O. The van der Waals surface area contributed by atoms with E-state index in [1.807, 2.05) is 37.3 Å². The first-order chi connectivity index (χ1) is 16.8. The van der Waals surface area contributed by atoms with Gasteiger partial charge in [-0.05, 0) is 61.4 Å². The Hall–Kier alpha value is -3.56. The van der Waals surface area contributed by atoms with E-state index < -0.39 is 11.7 Å². The zero-order chi connectivity index (χ0) is 24.6. The molecule has 0 saturated carbocycles. The topological polar surface area (TPSA) is 74.2 Å². The van der Waals surface area contributed by atoms with Crippen LogP contribution in [-0.4, -0.2) is 44.2 Å². The summed E-state index contributed by atoms with van der Waals surface area (Å²) in [4.78, 5) is 16.1. The second-order valence-electron chi connectivity index (χ2n) is 8.77. The number of aromatic nitrogens is 3. The summed E-state index contributed by atoms with van der Waals surface area (Å²) in [6, 6.07) is 14.5. The molecule has 0 spiro atoms. The number of nitrogens with one attached hydrogen (secondary N) is 1. The molecule has 1 aliphatic heterocycles. The molecule has 2 aromatic heterocycles. The highest BCUT2D eigenvalue weighted by atomic mass is 19.4. The number of benzene rings is 2. The minimum atomic E-state index is -4.40. The van der Waals surface area contributed by atoms with Crippen molar-refractivity contribution >= 4 is 22.4 Å². The van der Waals surface area contributed by atoms with Crippen molar-refractivity contribution in [3.63, 3.8) is 0 Å². The fourth-order valence-corrected chi connectivity index (χ4v) is 4.31. The summed E-state index contributed by atoms with van der Waals surface area (Å²) >= 11 is 0. The van der Waals surface area contributed by atoms with Crippen molar-refractivity contribution in [2.45, 2.75) is 32.2 Å². The summed E-state index contributed by atoms with van der Waals surface area (Å²) in [6.45, 7) is 3.75. The van der Waals surface area contributed by atoms with E-state index in [-0.39, 0.29) is 6.10 Å². The van der Waals surface area contributed by atoms with E-state index in [2.05, 4.69) is 15.2 Å². The lowest BCUT2D eigenvalue weighted by Gasteiger charge is -2.17. The van der Waals surface area contributed by atoms with Crippen molar-refractivity contribution in [2.24, 2.45) is 0 Å². The van der Waals surface area contributed by atoms with Crippen LogP contribution in [-0.2, 0) is 12.7 Å². The lowest BCUT2D eigenvalue weighted by Crippen LogP contribution is -2.23. The number of likely N-dealkylation sites (tertiary alicyclic amines) is 1. The number of fused-ring (bicyclic) bond motifs is 1. The van der Waals surface area contributed by atoms with Crippen LogP contribution in [0.4, 0.5) is 24.7 Å². The summed E-state index contributed by atoms with van der Waals surface area (Å²) < 4.78 is 38.9. The van der Waals surface area contributed by atoms with Gasteiger partial charge in [0.05, 0.1) is 29.4 Å². The molecule has 2 N–H and O–H groups in total. The Morgan fingerprint density at radius 3 is 2.57 bits per heavy atom. The number of nitrogens with zero attached hydrogens (tertiary/aromatic N) is 4. The van der Waals surface area contributed by atoms with E-state index in [4.69, 9.17) is 9.97 Å². The van der Waals surface area contributed by atoms with Gasteiger partial charge >= 0.3 is 6.18 Å². The number of aliphatic hydroxyl groups is 1. The van der Waals surface area contributed by atoms with Gasteiger partial charge in [0.1, 0.15) is 11.6 Å². The average molecular weight is 480 g/mol. The van der Waals surface area contributed by atoms with Gasteiger partial charge in [0, 0.05) is 35.9 Å². The number of hydrogen-bond donors (Lipinski definition) is 2. The molecule has 35 heavy (non-hydrogen) atoms. The monoisotopic (exact) mass is 479 g/mol. The SMILES string of the molecule is Cc1cccnc1-c1ccc2c(Nc3ccc(C(F)(F)F)cc3)nc(CN3CC[C@@H](O)C3)nc2c1. The number of anilines is 2. The first-order valence-electron chi connectivity index (χ1n) is 11.3. The molecule has 0 bridgehead atoms. The molecule has 0 radical (unpaired) electrons. The number of rotatable bonds is 5. The fourth-order valence-electron chi connectivity index (χ4n) is 4.31. The Bertz CT molecular complexity index is 1360. The molecule has 6 nitrogen and oxygen atoms in total. The van der Waals surface area contributed by atoms with Crippen molar-refractivity contribution in [3.8, 4) is 11.3 Å². The third-order valence-corrected chi connectivity index (χ3v) is 6.11. The summed E-state index contributed by atoms with van der Waals surface area (Å²) in [5.74, 6) is 1.07. The van der Waals surface area contributed by atoms with Crippen molar-refractivity contribution in [1.29, 1.82) is 0 Å². The Balaban J connectivity index is 1.54. The molecule has 1 saturated heterocycles. The maximum atomic E-state index is 13.0. The highest BCUT2D eigenvalue weighted by Gasteiger charge is 2.30. The lowest BCUT2D eigenvalue weighted by molar-refractivity contribution is -0.137. The molecule has 5 rings (SSSR count). The van der Waals surface area contributed by atoms with E-state index in [9.17, 15) is 18.3 Å². The van der Waals surface area contributed by atoms with Gasteiger partial charge in [-0.15, -0.1) is 0 Å². The normalized spacial score (nSPS) is 16.7. The number of pyridine rings is 1. The van der Waals surface area contributed by atoms with Gasteiger partial charge in [-0.2, -0.15) is 13.2 Å². The molecule has 3 heterocycles. The molecule has 0 aliphatic carbocycles. The summed E-state index contributed by atoms with van der Waals surface area (Å²) in [5.41, 5.74) is 3.29.